The molecule has 6 nitrogen and oxygen atoms in total. The summed E-state index contributed by atoms with van der Waals surface area (Å²) in [7, 11) is 0. The van der Waals surface area contributed by atoms with Crippen molar-refractivity contribution in [2.75, 3.05) is 0 Å². The molecule has 3 aliphatic carbocycles. The first-order valence-electron chi connectivity index (χ1n) is 15.8. The zero-order valence-corrected chi connectivity index (χ0v) is 26.0. The Morgan fingerprint density at radius 2 is 1.60 bits per heavy atom. The van der Waals surface area contributed by atoms with Crippen LogP contribution in [0, 0.1) is 29.5 Å². The summed E-state index contributed by atoms with van der Waals surface area (Å²) in [6.07, 6.45) is 3.73. The molecule has 0 bridgehead atoms. The Kier molecular flexibility index (Phi) is 6.95. The number of phenols is 1. The number of rotatable bonds is 5. The van der Waals surface area contributed by atoms with Gasteiger partial charge >= 0.3 is 0 Å². The minimum Gasteiger partial charge on any atom is -0.505 e. The number of phenolic OH excluding ortho intramolecular Hbond substituents is 1. The summed E-state index contributed by atoms with van der Waals surface area (Å²) in [6, 6.07) is 26.1. The van der Waals surface area contributed by atoms with Gasteiger partial charge in [-0.15, -0.1) is 11.3 Å². The molecule has 1 aromatic heterocycles. The van der Waals surface area contributed by atoms with Crippen LogP contribution >= 0.6 is 11.3 Å². The molecule has 2 fully saturated rings. The third kappa shape index (κ3) is 4.27. The molecule has 1 saturated heterocycles. The van der Waals surface area contributed by atoms with Crippen molar-refractivity contribution in [2.45, 2.75) is 30.7 Å². The monoisotopic (exact) mass is 643 g/mol. The Morgan fingerprint density at radius 1 is 0.851 bits per heavy atom. The van der Waals surface area contributed by atoms with E-state index in [2.05, 4.69) is 0 Å². The Morgan fingerprint density at radius 3 is 2.32 bits per heavy atom. The number of hydrogen-bond acceptors (Lipinski definition) is 6. The van der Waals surface area contributed by atoms with Crippen LogP contribution in [0.15, 0.2) is 114 Å². The Balaban J connectivity index is 1.36. The summed E-state index contributed by atoms with van der Waals surface area (Å²) in [4.78, 5) is 60.1. The lowest BCUT2D eigenvalue weighted by Crippen LogP contribution is -2.58. The first kappa shape index (κ1) is 29.5. The molecule has 8 rings (SSSR count). The quantitative estimate of drug-likeness (QED) is 0.195. The number of carbonyl (C=O) groups is 4. The number of imide groups is 1. The van der Waals surface area contributed by atoms with Crippen molar-refractivity contribution >= 4 is 40.3 Å². The van der Waals surface area contributed by atoms with E-state index in [0.29, 0.717) is 16.7 Å². The molecule has 4 aliphatic rings. The van der Waals surface area contributed by atoms with Crippen LogP contribution in [0.5, 0.6) is 5.75 Å². The number of fused-ring (bicyclic) bond motifs is 4. The molecule has 3 aromatic carbocycles. The minimum absolute atomic E-state index is 0.148. The van der Waals surface area contributed by atoms with Gasteiger partial charge in [-0.25, -0.2) is 4.39 Å². The maximum Gasteiger partial charge on any atom is 0.234 e. The Bertz CT molecular complexity index is 2000. The SMILES string of the molecule is O=C1C(c2ccccc2)=CC(=O)[C@@]2(c3ccccc3)[C@@H](c3cccc(F)c3O)C3=CC[C@@H]4C(=O)N(Cc5cccs5)C(=O)[C@@H]4[C@@H]3C[C@@H]12. The number of allylic oxidation sites excluding steroid dienone is 4. The summed E-state index contributed by atoms with van der Waals surface area (Å²) in [5.74, 6) is -6.43. The molecule has 0 radical (unpaired) electrons. The molecular weight excluding hydrogens is 613 g/mol. The number of aromatic hydroxyl groups is 1. The molecule has 1 saturated carbocycles. The number of nitrogens with zero attached hydrogens (tertiary/aromatic N) is 1. The molecule has 6 atom stereocenters. The van der Waals surface area contributed by atoms with Gasteiger partial charge < -0.3 is 5.11 Å². The van der Waals surface area contributed by atoms with Gasteiger partial charge in [0.25, 0.3) is 0 Å². The van der Waals surface area contributed by atoms with E-state index in [1.807, 2.05) is 47.9 Å². The third-order valence-electron chi connectivity index (χ3n) is 10.7. The van der Waals surface area contributed by atoms with Gasteiger partial charge in [0.1, 0.15) is 0 Å². The fourth-order valence-corrected chi connectivity index (χ4v) is 9.46. The molecule has 0 unspecified atom stereocenters. The molecule has 4 aromatic rings. The van der Waals surface area contributed by atoms with Crippen molar-refractivity contribution in [1.29, 1.82) is 0 Å². The molecule has 2 heterocycles. The number of para-hydroxylation sites is 1. The summed E-state index contributed by atoms with van der Waals surface area (Å²) in [5, 5.41) is 13.2. The van der Waals surface area contributed by atoms with Crippen molar-refractivity contribution in [3.8, 4) is 5.75 Å². The molecule has 2 amide bonds. The second-order valence-electron chi connectivity index (χ2n) is 12.8. The number of ketones is 2. The van der Waals surface area contributed by atoms with Crippen LogP contribution in [0.3, 0.4) is 0 Å². The fourth-order valence-electron chi connectivity index (χ4n) is 8.76. The molecule has 8 heteroatoms. The van der Waals surface area contributed by atoms with Crippen LogP contribution in [0.4, 0.5) is 4.39 Å². The maximum atomic E-state index is 15.2. The standard InChI is InChI=1S/C39H30FNO5S/c40-31-15-7-14-27(36(31)44)34-25-16-17-26-33(38(46)41(37(26)45)21-24-13-8-18-47-24)29(25)19-30-35(43)28(22-9-3-1-4-10-22)20-32(42)39(30,34)23-11-5-2-6-12-23/h1-16,18,20,26,29-30,33-34,44H,17,19,21H2/t26-,29+,30-,33-,34+,39-/m0/s1. The van der Waals surface area contributed by atoms with Crippen LogP contribution in [0.2, 0.25) is 0 Å². The summed E-state index contributed by atoms with van der Waals surface area (Å²) in [5.41, 5.74) is 0.800. The highest BCUT2D eigenvalue weighted by Crippen LogP contribution is 2.64. The zero-order valence-electron chi connectivity index (χ0n) is 25.2. The molecular formula is C39H30FNO5S. The van der Waals surface area contributed by atoms with E-state index in [4.69, 9.17) is 0 Å². The van der Waals surface area contributed by atoms with E-state index in [1.165, 1.54) is 28.4 Å². The van der Waals surface area contributed by atoms with Gasteiger partial charge in [-0.2, -0.15) is 0 Å². The van der Waals surface area contributed by atoms with E-state index in [1.54, 1.807) is 42.5 Å². The summed E-state index contributed by atoms with van der Waals surface area (Å²) in [6.45, 7) is 0.175. The van der Waals surface area contributed by atoms with Gasteiger partial charge in [0.15, 0.2) is 23.1 Å². The average Bonchev–Trinajstić information content (AvgIpc) is 3.70. The second kappa shape index (κ2) is 11.1. The maximum absolute atomic E-state index is 15.2. The molecule has 47 heavy (non-hydrogen) atoms. The van der Waals surface area contributed by atoms with Crippen molar-refractivity contribution in [3.63, 3.8) is 0 Å². The van der Waals surface area contributed by atoms with E-state index in [0.717, 1.165) is 10.9 Å². The number of Topliss-reactive ketones (excluding diaryl/α,β-unsaturated/α-hetero) is 1. The number of hydrogen-bond donors (Lipinski definition) is 1. The lowest BCUT2D eigenvalue weighted by molar-refractivity contribution is -0.141. The lowest BCUT2D eigenvalue weighted by Gasteiger charge is -2.55. The van der Waals surface area contributed by atoms with Crippen molar-refractivity contribution in [3.05, 3.63) is 141 Å². The van der Waals surface area contributed by atoms with Gasteiger partial charge in [0.2, 0.25) is 11.8 Å². The predicted molar refractivity (Wildman–Crippen MR) is 175 cm³/mol. The lowest BCUT2D eigenvalue weighted by atomic mass is 9.44. The number of amides is 2. The van der Waals surface area contributed by atoms with Crippen molar-refractivity contribution in [2.24, 2.45) is 23.7 Å². The van der Waals surface area contributed by atoms with Gasteiger partial charge in [0.05, 0.1) is 23.8 Å². The first-order chi connectivity index (χ1) is 22.8. The number of thiophene rings is 1. The van der Waals surface area contributed by atoms with Crippen LogP contribution in [-0.4, -0.2) is 33.4 Å². The Labute approximate surface area is 274 Å². The third-order valence-corrected chi connectivity index (χ3v) is 11.6. The zero-order chi connectivity index (χ0) is 32.4. The molecule has 1 aliphatic heterocycles. The van der Waals surface area contributed by atoms with Gasteiger partial charge in [-0.3, -0.25) is 24.1 Å². The summed E-state index contributed by atoms with van der Waals surface area (Å²) < 4.78 is 15.2. The van der Waals surface area contributed by atoms with Crippen molar-refractivity contribution < 1.29 is 28.7 Å². The number of likely N-dealkylation sites (tertiary alicyclic amines) is 1. The van der Waals surface area contributed by atoms with Gasteiger partial charge in [0, 0.05) is 27.8 Å². The van der Waals surface area contributed by atoms with Crippen LogP contribution in [0.1, 0.15) is 40.3 Å². The van der Waals surface area contributed by atoms with Crippen molar-refractivity contribution in [1.82, 2.24) is 4.90 Å². The average molecular weight is 644 g/mol. The highest BCUT2D eigenvalue weighted by molar-refractivity contribution is 7.09. The number of halogens is 1. The smallest absolute Gasteiger partial charge is 0.234 e. The van der Waals surface area contributed by atoms with Crippen LogP contribution < -0.4 is 0 Å². The second-order valence-corrected chi connectivity index (χ2v) is 13.8. The minimum atomic E-state index is -1.53. The van der Waals surface area contributed by atoms with E-state index < -0.39 is 46.6 Å². The molecule has 234 valence electrons. The number of benzene rings is 3. The number of carbonyl (C=O) groups excluding carboxylic acids is 4. The first-order valence-corrected chi connectivity index (χ1v) is 16.7. The fraction of sp³-hybridized carbons (Fsp3) is 0.231. The molecule has 0 spiro atoms. The van der Waals surface area contributed by atoms with Crippen LogP contribution in [0.25, 0.3) is 5.57 Å². The highest BCUT2D eigenvalue weighted by atomic mass is 32.1. The highest BCUT2D eigenvalue weighted by Gasteiger charge is 2.66. The Hall–Kier alpha value is -4.95. The normalized spacial score (nSPS) is 28.4. The predicted octanol–water partition coefficient (Wildman–Crippen LogP) is 6.62. The van der Waals surface area contributed by atoms with E-state index >= 15 is 4.39 Å². The summed E-state index contributed by atoms with van der Waals surface area (Å²) >= 11 is 1.47. The van der Waals surface area contributed by atoms with Gasteiger partial charge in [-0.1, -0.05) is 90.5 Å². The topological polar surface area (TPSA) is 91.8 Å². The largest absolute Gasteiger partial charge is 0.505 e. The van der Waals surface area contributed by atoms with E-state index in [-0.39, 0.29) is 53.9 Å². The van der Waals surface area contributed by atoms with Crippen LogP contribution in [-0.2, 0) is 31.1 Å². The van der Waals surface area contributed by atoms with Gasteiger partial charge in [-0.05, 0) is 53.5 Å². The van der Waals surface area contributed by atoms with E-state index in [9.17, 15) is 24.3 Å². The molecule has 1 N–H and O–H groups in total.